The second-order valence-corrected chi connectivity index (χ2v) is 4.40. The summed E-state index contributed by atoms with van der Waals surface area (Å²) in [6.45, 7) is 4.13. The van der Waals surface area contributed by atoms with Crippen LogP contribution in [0.5, 0.6) is 0 Å². The third kappa shape index (κ3) is 3.39. The second kappa shape index (κ2) is 4.79. The van der Waals surface area contributed by atoms with E-state index in [1.807, 2.05) is 13.8 Å². The molecule has 0 aromatic carbocycles. The number of aryl methyl sites for hydroxylation is 1. The minimum atomic E-state index is -0.390. The van der Waals surface area contributed by atoms with Crippen LogP contribution < -0.4 is 11.1 Å². The summed E-state index contributed by atoms with van der Waals surface area (Å²) in [5, 5.41) is 11.3. The summed E-state index contributed by atoms with van der Waals surface area (Å²) in [5.74, 6) is 0. The average Bonchev–Trinajstić information content (AvgIpc) is 2.23. The van der Waals surface area contributed by atoms with Crippen LogP contribution in [0.25, 0.3) is 0 Å². The van der Waals surface area contributed by atoms with E-state index in [0.717, 1.165) is 0 Å². The summed E-state index contributed by atoms with van der Waals surface area (Å²) >= 11 is 0. The molecule has 5 nitrogen and oxygen atoms in total. The number of nitrogens with zero attached hydrogens (tertiary/aromatic N) is 2. The molecule has 0 aliphatic heterocycles. The Kier molecular flexibility index (Phi) is 3.67. The van der Waals surface area contributed by atoms with Crippen LogP contribution in [0.2, 0.25) is 0 Å². The van der Waals surface area contributed by atoms with Crippen LogP contribution in [0.15, 0.2) is 21.7 Å². The molecule has 0 aliphatic rings. The molecule has 16 heavy (non-hydrogen) atoms. The molecule has 0 unspecified atom stereocenters. The Bertz CT molecular complexity index is 505. The SMILES string of the molecule is CC(C)(C#N)CCCn1[nH]c(=O)ccc1=O. The lowest BCUT2D eigenvalue weighted by atomic mass is 9.90. The van der Waals surface area contributed by atoms with Gasteiger partial charge in [-0.25, -0.2) is 0 Å². The van der Waals surface area contributed by atoms with E-state index in [0.29, 0.717) is 19.4 Å². The number of hydrogen-bond acceptors (Lipinski definition) is 3. The third-order valence-corrected chi connectivity index (χ3v) is 2.37. The van der Waals surface area contributed by atoms with Crippen LogP contribution in [0.1, 0.15) is 26.7 Å². The molecule has 1 aromatic heterocycles. The molecule has 0 saturated heterocycles. The first kappa shape index (κ1) is 12.2. The zero-order chi connectivity index (χ0) is 12.2. The van der Waals surface area contributed by atoms with Gasteiger partial charge in [-0.15, -0.1) is 0 Å². The Labute approximate surface area is 93.3 Å². The standard InChI is InChI=1S/C11H15N3O2/c1-11(2,8-12)6-3-7-14-10(16)5-4-9(15)13-14/h4-5H,3,6-7H2,1-2H3,(H,13,15). The van der Waals surface area contributed by atoms with E-state index in [4.69, 9.17) is 5.26 Å². The zero-order valence-corrected chi connectivity index (χ0v) is 9.49. The zero-order valence-electron chi connectivity index (χ0n) is 9.49. The fourth-order valence-corrected chi connectivity index (χ4v) is 1.36. The Morgan fingerprint density at radius 1 is 1.44 bits per heavy atom. The van der Waals surface area contributed by atoms with Gasteiger partial charge in [0, 0.05) is 18.7 Å². The largest absolute Gasteiger partial charge is 0.268 e. The minimum absolute atomic E-state index is 0.227. The van der Waals surface area contributed by atoms with Crippen molar-refractivity contribution in [1.82, 2.24) is 9.78 Å². The maximum Gasteiger partial charge on any atom is 0.265 e. The van der Waals surface area contributed by atoms with Gasteiger partial charge in [-0.1, -0.05) is 0 Å². The summed E-state index contributed by atoms with van der Waals surface area (Å²) in [7, 11) is 0. The monoisotopic (exact) mass is 221 g/mol. The van der Waals surface area contributed by atoms with Gasteiger partial charge in [-0.3, -0.25) is 19.4 Å². The molecule has 1 N–H and O–H groups in total. The van der Waals surface area contributed by atoms with Gasteiger partial charge in [-0.05, 0) is 26.7 Å². The van der Waals surface area contributed by atoms with E-state index in [9.17, 15) is 9.59 Å². The van der Waals surface area contributed by atoms with Crippen molar-refractivity contribution in [3.05, 3.63) is 32.8 Å². The van der Waals surface area contributed by atoms with Crippen LogP contribution >= 0.6 is 0 Å². The lowest BCUT2D eigenvalue weighted by molar-refractivity contribution is 0.401. The predicted molar refractivity (Wildman–Crippen MR) is 60.0 cm³/mol. The maximum absolute atomic E-state index is 11.3. The van der Waals surface area contributed by atoms with Gasteiger partial charge in [0.05, 0.1) is 11.5 Å². The van der Waals surface area contributed by atoms with Crippen molar-refractivity contribution in [3.8, 4) is 6.07 Å². The van der Waals surface area contributed by atoms with E-state index in [1.165, 1.54) is 16.8 Å². The minimum Gasteiger partial charge on any atom is -0.268 e. The molecular weight excluding hydrogens is 206 g/mol. The molecular formula is C11H15N3O2. The topological polar surface area (TPSA) is 78.7 Å². The maximum atomic E-state index is 11.3. The molecule has 0 fully saturated rings. The van der Waals surface area contributed by atoms with Crippen molar-refractivity contribution >= 4 is 0 Å². The fraction of sp³-hybridized carbons (Fsp3) is 0.545. The smallest absolute Gasteiger partial charge is 0.265 e. The Balaban J connectivity index is 2.63. The first-order valence-corrected chi connectivity index (χ1v) is 5.16. The molecule has 0 radical (unpaired) electrons. The molecule has 0 spiro atoms. The summed E-state index contributed by atoms with van der Waals surface area (Å²) < 4.78 is 1.27. The lowest BCUT2D eigenvalue weighted by Gasteiger charge is -2.14. The van der Waals surface area contributed by atoms with Crippen molar-refractivity contribution < 1.29 is 0 Å². The Morgan fingerprint density at radius 3 is 2.75 bits per heavy atom. The highest BCUT2D eigenvalue weighted by Crippen LogP contribution is 2.20. The molecule has 0 bridgehead atoms. The highest BCUT2D eigenvalue weighted by Gasteiger charge is 2.15. The van der Waals surface area contributed by atoms with Crippen molar-refractivity contribution in [3.63, 3.8) is 0 Å². The quantitative estimate of drug-likeness (QED) is 0.819. The normalized spacial score (nSPS) is 11.1. The summed E-state index contributed by atoms with van der Waals surface area (Å²) in [6, 6.07) is 4.64. The molecule has 0 aliphatic carbocycles. The summed E-state index contributed by atoms with van der Waals surface area (Å²) in [5.41, 5.74) is -0.910. The fourth-order valence-electron chi connectivity index (χ4n) is 1.36. The molecule has 86 valence electrons. The van der Waals surface area contributed by atoms with Gasteiger partial charge in [0.1, 0.15) is 0 Å². The van der Waals surface area contributed by atoms with Crippen LogP contribution in [0.3, 0.4) is 0 Å². The number of H-pyrrole nitrogens is 1. The first-order valence-electron chi connectivity index (χ1n) is 5.16. The van der Waals surface area contributed by atoms with E-state index >= 15 is 0 Å². The van der Waals surface area contributed by atoms with Gasteiger partial charge in [0.25, 0.3) is 11.1 Å². The van der Waals surface area contributed by atoms with Crippen LogP contribution in [0, 0.1) is 16.7 Å². The molecule has 1 rings (SSSR count). The van der Waals surface area contributed by atoms with Gasteiger partial charge in [-0.2, -0.15) is 5.26 Å². The van der Waals surface area contributed by atoms with E-state index in [2.05, 4.69) is 11.2 Å². The Morgan fingerprint density at radius 2 is 2.12 bits per heavy atom. The third-order valence-electron chi connectivity index (χ3n) is 2.37. The molecule has 0 atom stereocenters. The number of hydrogen-bond donors (Lipinski definition) is 1. The number of aromatic nitrogens is 2. The van der Waals surface area contributed by atoms with Gasteiger partial charge in [0.15, 0.2) is 0 Å². The number of rotatable bonds is 4. The number of aromatic amines is 1. The molecule has 0 amide bonds. The number of nitriles is 1. The van der Waals surface area contributed by atoms with Crippen molar-refractivity contribution in [2.75, 3.05) is 0 Å². The molecule has 1 aromatic rings. The molecule has 5 heteroatoms. The van der Waals surface area contributed by atoms with E-state index in [1.54, 1.807) is 0 Å². The Hall–Kier alpha value is -1.83. The number of nitrogens with one attached hydrogen (secondary N) is 1. The highest BCUT2D eigenvalue weighted by molar-refractivity contribution is 4.91. The molecule has 0 saturated carbocycles. The summed E-state index contributed by atoms with van der Waals surface area (Å²) in [4.78, 5) is 22.3. The van der Waals surface area contributed by atoms with Crippen LogP contribution in [0.4, 0.5) is 0 Å². The van der Waals surface area contributed by atoms with Gasteiger partial charge < -0.3 is 0 Å². The van der Waals surface area contributed by atoms with Crippen molar-refractivity contribution in [2.24, 2.45) is 5.41 Å². The van der Waals surface area contributed by atoms with Gasteiger partial charge >= 0.3 is 0 Å². The first-order chi connectivity index (χ1) is 7.44. The van der Waals surface area contributed by atoms with Crippen molar-refractivity contribution in [2.45, 2.75) is 33.2 Å². The molecule has 1 heterocycles. The van der Waals surface area contributed by atoms with E-state index < -0.39 is 5.41 Å². The highest BCUT2D eigenvalue weighted by atomic mass is 16.1. The van der Waals surface area contributed by atoms with Crippen LogP contribution in [-0.4, -0.2) is 9.78 Å². The lowest BCUT2D eigenvalue weighted by Crippen LogP contribution is -2.28. The predicted octanol–water partition coefficient (Wildman–Crippen LogP) is 0.867. The second-order valence-electron chi connectivity index (χ2n) is 4.40. The van der Waals surface area contributed by atoms with Crippen molar-refractivity contribution in [1.29, 1.82) is 5.26 Å². The van der Waals surface area contributed by atoms with E-state index in [-0.39, 0.29) is 11.1 Å². The van der Waals surface area contributed by atoms with Gasteiger partial charge in [0.2, 0.25) is 0 Å². The summed E-state index contributed by atoms with van der Waals surface area (Å²) in [6.07, 6.45) is 1.37. The average molecular weight is 221 g/mol. The van der Waals surface area contributed by atoms with Crippen LogP contribution in [-0.2, 0) is 6.54 Å².